The number of halogens is 3. The lowest BCUT2D eigenvalue weighted by Gasteiger charge is -2.14. The van der Waals surface area contributed by atoms with E-state index in [-0.39, 0.29) is 39.4 Å². The highest BCUT2D eigenvalue weighted by molar-refractivity contribution is 9.10. The Bertz CT molecular complexity index is 1560. The quantitative estimate of drug-likeness (QED) is 0.216. The van der Waals surface area contributed by atoms with Gasteiger partial charge in [0.1, 0.15) is 12.4 Å². The van der Waals surface area contributed by atoms with Crippen molar-refractivity contribution in [3.05, 3.63) is 102 Å². The first-order valence-electron chi connectivity index (χ1n) is 11.4. The summed E-state index contributed by atoms with van der Waals surface area (Å²) < 4.78 is 7.86. The standard InChI is InChI=1S/C27H22BrCl2N3O4/c1-3-15(2)25-32-23-8-7-19(28)12-20(23)26(34)33(25)31-13-17-10-21(29)24(22(30)11-17)37-14-16-5-4-6-18(9-16)27(35)36/h4-13,15H,3,14H2,1-2H3,(H,35,36)/t15-/m1/s1. The number of benzene rings is 3. The van der Waals surface area contributed by atoms with Gasteiger partial charge in [-0.15, -0.1) is 0 Å². The van der Waals surface area contributed by atoms with Gasteiger partial charge in [-0.25, -0.2) is 9.78 Å². The van der Waals surface area contributed by atoms with E-state index in [2.05, 4.69) is 21.0 Å². The van der Waals surface area contributed by atoms with E-state index in [4.69, 9.17) is 38.0 Å². The third-order valence-electron chi connectivity index (χ3n) is 5.79. The number of fused-ring (bicyclic) bond motifs is 1. The van der Waals surface area contributed by atoms with Gasteiger partial charge in [-0.3, -0.25) is 4.79 Å². The van der Waals surface area contributed by atoms with Gasteiger partial charge in [-0.2, -0.15) is 9.78 Å². The number of carboxylic acid groups (broad SMARTS) is 1. The molecule has 0 unspecified atom stereocenters. The lowest BCUT2D eigenvalue weighted by atomic mass is 10.1. The van der Waals surface area contributed by atoms with Crippen LogP contribution in [0.1, 0.15) is 53.5 Å². The summed E-state index contributed by atoms with van der Waals surface area (Å²) in [7, 11) is 0. The molecule has 0 aliphatic carbocycles. The Morgan fingerprint density at radius 3 is 2.59 bits per heavy atom. The minimum Gasteiger partial charge on any atom is -0.486 e. The molecule has 0 fully saturated rings. The molecule has 4 aromatic rings. The van der Waals surface area contributed by atoms with E-state index < -0.39 is 5.97 Å². The molecule has 0 radical (unpaired) electrons. The molecule has 190 valence electrons. The Morgan fingerprint density at radius 1 is 1.19 bits per heavy atom. The van der Waals surface area contributed by atoms with Crippen LogP contribution in [0.15, 0.2) is 69.0 Å². The van der Waals surface area contributed by atoms with Gasteiger partial charge >= 0.3 is 5.97 Å². The van der Waals surface area contributed by atoms with Crippen LogP contribution in [0.5, 0.6) is 5.75 Å². The van der Waals surface area contributed by atoms with Crippen LogP contribution in [0.25, 0.3) is 10.9 Å². The summed E-state index contributed by atoms with van der Waals surface area (Å²) in [4.78, 5) is 29.2. The van der Waals surface area contributed by atoms with Gasteiger partial charge < -0.3 is 9.84 Å². The Morgan fingerprint density at radius 2 is 1.92 bits per heavy atom. The smallest absolute Gasteiger partial charge is 0.335 e. The van der Waals surface area contributed by atoms with Crippen molar-refractivity contribution in [3.63, 3.8) is 0 Å². The normalized spacial score (nSPS) is 12.2. The summed E-state index contributed by atoms with van der Waals surface area (Å²) >= 11 is 16.3. The fourth-order valence-electron chi connectivity index (χ4n) is 3.65. The summed E-state index contributed by atoms with van der Waals surface area (Å²) in [6.07, 6.45) is 2.28. The fourth-order valence-corrected chi connectivity index (χ4v) is 4.62. The van der Waals surface area contributed by atoms with Crippen LogP contribution in [0.2, 0.25) is 10.0 Å². The van der Waals surface area contributed by atoms with Gasteiger partial charge in [0, 0.05) is 10.4 Å². The number of carbonyl (C=O) groups is 1. The molecule has 1 N–H and O–H groups in total. The van der Waals surface area contributed by atoms with Crippen molar-refractivity contribution in [3.8, 4) is 5.75 Å². The monoisotopic (exact) mass is 601 g/mol. The van der Waals surface area contributed by atoms with Gasteiger partial charge in [-0.1, -0.05) is 65.1 Å². The van der Waals surface area contributed by atoms with Crippen LogP contribution in [-0.4, -0.2) is 27.0 Å². The van der Waals surface area contributed by atoms with Crippen LogP contribution in [-0.2, 0) is 6.61 Å². The average molecular weight is 603 g/mol. The molecule has 4 rings (SSSR count). The molecular formula is C27H22BrCl2N3O4. The topological polar surface area (TPSA) is 93.8 Å². The highest BCUT2D eigenvalue weighted by atomic mass is 79.9. The first-order chi connectivity index (χ1) is 17.7. The Kier molecular flexibility index (Phi) is 8.32. The Hall–Kier alpha value is -3.20. The number of carboxylic acids is 1. The molecule has 37 heavy (non-hydrogen) atoms. The molecule has 0 aliphatic rings. The molecular weight excluding hydrogens is 581 g/mol. The van der Waals surface area contributed by atoms with Crippen LogP contribution >= 0.6 is 39.1 Å². The maximum atomic E-state index is 13.3. The van der Waals surface area contributed by atoms with E-state index in [9.17, 15) is 9.59 Å². The second-order valence-corrected chi connectivity index (χ2v) is 10.1. The summed E-state index contributed by atoms with van der Waals surface area (Å²) in [6, 6.07) is 15.0. The first kappa shape index (κ1) is 26.9. The Labute approximate surface area is 231 Å². The maximum absolute atomic E-state index is 13.3. The van der Waals surface area contributed by atoms with E-state index in [0.29, 0.717) is 27.9 Å². The largest absolute Gasteiger partial charge is 0.486 e. The van der Waals surface area contributed by atoms with E-state index in [1.54, 1.807) is 36.4 Å². The number of rotatable bonds is 8. The first-order valence-corrected chi connectivity index (χ1v) is 12.9. The number of aromatic nitrogens is 2. The fraction of sp³-hybridized carbons (Fsp3) is 0.185. The molecule has 0 aliphatic heterocycles. The van der Waals surface area contributed by atoms with Crippen LogP contribution < -0.4 is 10.3 Å². The number of hydrogen-bond donors (Lipinski definition) is 1. The molecule has 0 bridgehead atoms. The highest BCUT2D eigenvalue weighted by Crippen LogP contribution is 2.34. The lowest BCUT2D eigenvalue weighted by Crippen LogP contribution is -2.23. The van der Waals surface area contributed by atoms with Crippen LogP contribution in [0.4, 0.5) is 0 Å². The SMILES string of the molecule is CC[C@@H](C)c1nc2ccc(Br)cc2c(=O)n1N=Cc1cc(Cl)c(OCc2cccc(C(=O)O)c2)c(Cl)c1. The number of ether oxygens (including phenoxy) is 1. The van der Waals surface area contributed by atoms with Crippen molar-refractivity contribution < 1.29 is 14.6 Å². The van der Waals surface area contributed by atoms with Crippen LogP contribution in [0, 0.1) is 0 Å². The lowest BCUT2D eigenvalue weighted by molar-refractivity contribution is 0.0696. The van der Waals surface area contributed by atoms with Gasteiger partial charge in [0.15, 0.2) is 5.75 Å². The molecule has 1 aromatic heterocycles. The molecule has 0 spiro atoms. The molecule has 10 heteroatoms. The van der Waals surface area contributed by atoms with Crippen molar-refractivity contribution >= 4 is 62.2 Å². The molecule has 7 nitrogen and oxygen atoms in total. The van der Waals surface area contributed by atoms with Crippen molar-refractivity contribution in [2.75, 3.05) is 0 Å². The summed E-state index contributed by atoms with van der Waals surface area (Å²) in [5, 5.41) is 14.6. The minimum atomic E-state index is -1.02. The van der Waals surface area contributed by atoms with Crippen molar-refractivity contribution in [2.24, 2.45) is 5.10 Å². The van der Waals surface area contributed by atoms with Crippen LogP contribution in [0.3, 0.4) is 0 Å². The molecule has 0 amide bonds. The van der Waals surface area contributed by atoms with E-state index in [0.717, 1.165) is 10.9 Å². The molecule has 0 saturated heterocycles. The maximum Gasteiger partial charge on any atom is 0.335 e. The molecule has 3 aromatic carbocycles. The minimum absolute atomic E-state index is 0.000443. The third kappa shape index (κ3) is 6.04. The van der Waals surface area contributed by atoms with Crippen molar-refractivity contribution in [1.82, 2.24) is 9.66 Å². The summed E-state index contributed by atoms with van der Waals surface area (Å²) in [6.45, 7) is 4.09. The highest BCUT2D eigenvalue weighted by Gasteiger charge is 2.16. The number of nitrogens with zero attached hydrogens (tertiary/aromatic N) is 3. The van der Waals surface area contributed by atoms with E-state index in [1.165, 1.54) is 23.0 Å². The van der Waals surface area contributed by atoms with Crippen molar-refractivity contribution in [1.29, 1.82) is 0 Å². The van der Waals surface area contributed by atoms with Gasteiger partial charge in [0.25, 0.3) is 5.56 Å². The van der Waals surface area contributed by atoms with Gasteiger partial charge in [0.05, 0.1) is 32.7 Å². The molecule has 0 saturated carbocycles. The predicted molar refractivity (Wildman–Crippen MR) is 150 cm³/mol. The third-order valence-corrected chi connectivity index (χ3v) is 6.84. The average Bonchev–Trinajstić information content (AvgIpc) is 2.87. The van der Waals surface area contributed by atoms with Gasteiger partial charge in [0.2, 0.25) is 0 Å². The summed E-state index contributed by atoms with van der Waals surface area (Å²) in [5.41, 5.74) is 1.71. The predicted octanol–water partition coefficient (Wildman–Crippen LogP) is 7.14. The van der Waals surface area contributed by atoms with E-state index >= 15 is 0 Å². The molecule has 1 heterocycles. The Balaban J connectivity index is 1.64. The molecule has 1 atom stereocenters. The zero-order valence-electron chi connectivity index (χ0n) is 19.9. The van der Waals surface area contributed by atoms with E-state index in [1.807, 2.05) is 19.9 Å². The van der Waals surface area contributed by atoms with Gasteiger partial charge in [-0.05, 0) is 60.0 Å². The second-order valence-electron chi connectivity index (χ2n) is 8.41. The zero-order valence-corrected chi connectivity index (χ0v) is 23.0. The second kappa shape index (κ2) is 11.5. The summed E-state index contributed by atoms with van der Waals surface area (Å²) in [5.74, 6) is -0.206. The zero-order chi connectivity index (χ0) is 26.7. The number of aromatic carboxylic acids is 1. The number of hydrogen-bond acceptors (Lipinski definition) is 5. The van der Waals surface area contributed by atoms with Crippen molar-refractivity contribution in [2.45, 2.75) is 32.8 Å².